The second-order valence-electron chi connectivity index (χ2n) is 10.2. The normalized spacial score (nSPS) is 28.9. The Bertz CT molecular complexity index is 1470. The van der Waals surface area contributed by atoms with E-state index < -0.39 is 11.3 Å². The van der Waals surface area contributed by atoms with Gasteiger partial charge < -0.3 is 15.9 Å². The molecule has 188 valence electrons. The van der Waals surface area contributed by atoms with Crippen LogP contribution < -0.4 is 11.5 Å². The number of alkyl halides is 2. The van der Waals surface area contributed by atoms with Gasteiger partial charge in [-0.2, -0.15) is 5.26 Å². The Morgan fingerprint density at radius 1 is 0.865 bits per heavy atom. The Morgan fingerprint density at radius 2 is 1.54 bits per heavy atom. The smallest absolute Gasteiger partial charge is 0.174 e. The molecular formula is C29H27F2N5O. The highest BCUT2D eigenvalue weighted by Gasteiger charge is 2.51. The van der Waals surface area contributed by atoms with Crippen molar-refractivity contribution in [2.24, 2.45) is 21.5 Å². The predicted molar refractivity (Wildman–Crippen MR) is 139 cm³/mol. The molecule has 8 heteroatoms. The molecule has 0 spiro atoms. The summed E-state index contributed by atoms with van der Waals surface area (Å²) in [7, 11) is 0. The molecule has 2 aliphatic carbocycles. The first-order chi connectivity index (χ1) is 17.8. The second-order valence-corrected chi connectivity index (χ2v) is 10.2. The van der Waals surface area contributed by atoms with Crippen LogP contribution in [-0.2, 0) is 0 Å². The second kappa shape index (κ2) is 8.55. The van der Waals surface area contributed by atoms with Crippen molar-refractivity contribution in [2.45, 2.75) is 61.7 Å². The van der Waals surface area contributed by atoms with Crippen molar-refractivity contribution in [2.75, 3.05) is 0 Å². The van der Waals surface area contributed by atoms with Gasteiger partial charge in [0.05, 0.1) is 29.3 Å². The maximum atomic E-state index is 14.9. The van der Waals surface area contributed by atoms with Gasteiger partial charge in [-0.05, 0) is 86.1 Å². The van der Waals surface area contributed by atoms with Crippen LogP contribution in [0.4, 0.5) is 20.2 Å². The molecule has 2 aromatic carbocycles. The largest absolute Gasteiger partial charge is 0.464 e. The van der Waals surface area contributed by atoms with Gasteiger partial charge in [0, 0.05) is 17.4 Å². The lowest BCUT2D eigenvalue weighted by molar-refractivity contribution is 0.232. The average Bonchev–Trinajstić information content (AvgIpc) is 3.65. The minimum Gasteiger partial charge on any atom is -0.464 e. The molecule has 3 aromatic rings. The monoisotopic (exact) mass is 499 g/mol. The number of rotatable bonds is 1. The van der Waals surface area contributed by atoms with Gasteiger partial charge in [0.15, 0.2) is 11.3 Å². The molecule has 0 radical (unpaired) electrons. The number of benzene rings is 2. The van der Waals surface area contributed by atoms with Crippen LogP contribution in [0.2, 0.25) is 0 Å². The number of furan rings is 1. The third-order valence-electron chi connectivity index (χ3n) is 8.25. The fourth-order valence-corrected chi connectivity index (χ4v) is 6.33. The highest BCUT2D eigenvalue weighted by atomic mass is 19.1. The van der Waals surface area contributed by atoms with Gasteiger partial charge in [-0.25, -0.2) is 18.8 Å². The van der Waals surface area contributed by atoms with Gasteiger partial charge in [-0.1, -0.05) is 12.1 Å². The highest BCUT2D eigenvalue weighted by molar-refractivity contribution is 5.96. The summed E-state index contributed by atoms with van der Waals surface area (Å²) < 4.78 is 35.0. The van der Waals surface area contributed by atoms with E-state index in [4.69, 9.17) is 21.1 Å². The van der Waals surface area contributed by atoms with Crippen molar-refractivity contribution in [3.8, 4) is 17.4 Å². The number of aliphatic imine (C=N–C) groups is 2. The Balaban J connectivity index is 0.000000138. The zero-order valence-corrected chi connectivity index (χ0v) is 20.3. The molecule has 37 heavy (non-hydrogen) atoms. The van der Waals surface area contributed by atoms with E-state index in [9.17, 15) is 8.78 Å². The van der Waals surface area contributed by atoms with Gasteiger partial charge in [0.2, 0.25) is 0 Å². The van der Waals surface area contributed by atoms with Gasteiger partial charge in [-0.3, -0.25) is 0 Å². The van der Waals surface area contributed by atoms with E-state index in [-0.39, 0.29) is 23.5 Å². The SMILES string of the molecule is N#Cc1ccc2c(c1)C1CCCC1(F)C(N)=N2.NC1=Nc2cc(-c3ccco3)ccc2C2CCCC12F. The Kier molecular flexibility index (Phi) is 5.41. The van der Waals surface area contributed by atoms with Gasteiger partial charge in [0.1, 0.15) is 17.4 Å². The summed E-state index contributed by atoms with van der Waals surface area (Å²) in [6, 6.07) is 16.9. The van der Waals surface area contributed by atoms with E-state index >= 15 is 0 Å². The maximum absolute atomic E-state index is 14.9. The molecule has 7 rings (SSSR count). The summed E-state index contributed by atoms with van der Waals surface area (Å²) >= 11 is 0. The van der Waals surface area contributed by atoms with Crippen molar-refractivity contribution in [3.05, 3.63) is 71.5 Å². The lowest BCUT2D eigenvalue weighted by Gasteiger charge is -2.32. The predicted octanol–water partition coefficient (Wildman–Crippen LogP) is 6.46. The molecule has 2 aliphatic heterocycles. The summed E-state index contributed by atoms with van der Waals surface area (Å²) in [6.45, 7) is 0. The van der Waals surface area contributed by atoms with E-state index in [1.54, 1.807) is 24.5 Å². The van der Waals surface area contributed by atoms with E-state index in [0.29, 0.717) is 24.1 Å². The quantitative estimate of drug-likeness (QED) is 0.400. The Morgan fingerprint density at radius 3 is 2.19 bits per heavy atom. The molecule has 1 aromatic heterocycles. The number of nitrogens with two attached hydrogens (primary N) is 2. The molecular weight excluding hydrogens is 472 g/mol. The first-order valence-electron chi connectivity index (χ1n) is 12.6. The minimum absolute atomic E-state index is 0.0946. The summed E-state index contributed by atoms with van der Waals surface area (Å²) in [5.41, 5.74) is 13.5. The zero-order valence-electron chi connectivity index (χ0n) is 20.3. The molecule has 6 nitrogen and oxygen atoms in total. The first-order valence-corrected chi connectivity index (χ1v) is 12.6. The first kappa shape index (κ1) is 23.4. The summed E-state index contributed by atoms with van der Waals surface area (Å²) in [5, 5.41) is 8.89. The van der Waals surface area contributed by atoms with Gasteiger partial charge in [-0.15, -0.1) is 0 Å². The molecule has 4 N–H and O–H groups in total. The van der Waals surface area contributed by atoms with Crippen LogP contribution in [0.1, 0.15) is 67.1 Å². The van der Waals surface area contributed by atoms with Crippen molar-refractivity contribution in [3.63, 3.8) is 0 Å². The van der Waals surface area contributed by atoms with Crippen molar-refractivity contribution in [1.82, 2.24) is 0 Å². The number of hydrogen-bond acceptors (Lipinski definition) is 6. The van der Waals surface area contributed by atoms with E-state index in [0.717, 1.165) is 53.8 Å². The Labute approximate surface area is 213 Å². The van der Waals surface area contributed by atoms with E-state index in [2.05, 4.69) is 16.1 Å². The topological polar surface area (TPSA) is 114 Å². The molecule has 4 unspecified atom stereocenters. The number of halogens is 2. The van der Waals surface area contributed by atoms with E-state index in [1.807, 2.05) is 30.3 Å². The van der Waals surface area contributed by atoms with Crippen LogP contribution in [-0.4, -0.2) is 23.0 Å². The molecule has 4 aliphatic rings. The van der Waals surface area contributed by atoms with Crippen LogP contribution >= 0.6 is 0 Å². The number of hydrogen-bond donors (Lipinski definition) is 2. The molecule has 3 heterocycles. The lowest BCUT2D eigenvalue weighted by Crippen LogP contribution is -2.43. The Hall–Kier alpha value is -3.99. The molecule has 0 saturated heterocycles. The summed E-state index contributed by atoms with van der Waals surface area (Å²) in [4.78, 5) is 8.45. The minimum atomic E-state index is -1.50. The summed E-state index contributed by atoms with van der Waals surface area (Å²) in [5.74, 6) is 0.621. The van der Waals surface area contributed by atoms with Crippen molar-refractivity contribution in [1.29, 1.82) is 5.26 Å². The van der Waals surface area contributed by atoms with E-state index in [1.165, 1.54) is 0 Å². The van der Waals surface area contributed by atoms with Gasteiger partial charge >= 0.3 is 0 Å². The third-order valence-corrected chi connectivity index (χ3v) is 8.25. The maximum Gasteiger partial charge on any atom is 0.174 e. The standard InChI is InChI=1S/C16H15FN2O.C13H12FN3/c17-16-7-1-3-12(16)11-6-5-10(14-4-2-8-20-14)9-13(11)19-15(16)18;14-13-5-1-2-10(13)9-6-8(7-15)3-4-11(9)17-12(13)16/h2,4-6,8-9,12H,1,3,7H2,(H2,18,19);3-4,6,10H,1-2,5H2,(H2,16,17). The highest BCUT2D eigenvalue weighted by Crippen LogP contribution is 2.52. The molecule has 2 saturated carbocycles. The molecule has 0 bridgehead atoms. The van der Waals surface area contributed by atoms with Crippen molar-refractivity contribution < 1.29 is 13.2 Å². The average molecular weight is 500 g/mol. The van der Waals surface area contributed by atoms with Crippen LogP contribution in [0, 0.1) is 11.3 Å². The third kappa shape index (κ3) is 3.64. The lowest BCUT2D eigenvalue weighted by atomic mass is 9.82. The molecule has 0 amide bonds. The van der Waals surface area contributed by atoms with Crippen LogP contribution in [0.15, 0.2) is 69.2 Å². The number of nitriles is 1. The number of amidine groups is 2. The van der Waals surface area contributed by atoms with Crippen molar-refractivity contribution >= 4 is 23.0 Å². The molecule has 4 atom stereocenters. The molecule has 2 fully saturated rings. The number of fused-ring (bicyclic) bond motifs is 6. The fraction of sp³-hybridized carbons (Fsp3) is 0.345. The van der Waals surface area contributed by atoms with Crippen LogP contribution in [0.3, 0.4) is 0 Å². The zero-order chi connectivity index (χ0) is 25.8. The van der Waals surface area contributed by atoms with Gasteiger partial charge in [0.25, 0.3) is 0 Å². The number of nitrogens with zero attached hydrogens (tertiary/aromatic N) is 3. The van der Waals surface area contributed by atoms with Crippen LogP contribution in [0.5, 0.6) is 0 Å². The summed E-state index contributed by atoms with van der Waals surface area (Å²) in [6.07, 6.45) is 5.82. The van der Waals surface area contributed by atoms with Crippen LogP contribution in [0.25, 0.3) is 11.3 Å². The fourth-order valence-electron chi connectivity index (χ4n) is 6.33.